The van der Waals surface area contributed by atoms with E-state index >= 15 is 0 Å². The minimum absolute atomic E-state index is 0.120. The first-order chi connectivity index (χ1) is 8.47. The van der Waals surface area contributed by atoms with Crippen LogP contribution in [0.2, 0.25) is 10.0 Å². The van der Waals surface area contributed by atoms with Gasteiger partial charge in [0.1, 0.15) is 0 Å². The predicted octanol–water partition coefficient (Wildman–Crippen LogP) is 3.68. The summed E-state index contributed by atoms with van der Waals surface area (Å²) >= 11 is 17.0. The van der Waals surface area contributed by atoms with Gasteiger partial charge in [0, 0.05) is 12.4 Å². The van der Waals surface area contributed by atoms with E-state index in [0.29, 0.717) is 17.4 Å². The van der Waals surface area contributed by atoms with Crippen LogP contribution in [0.1, 0.15) is 19.3 Å². The largest absolute Gasteiger partial charge is 0.240 e. The van der Waals surface area contributed by atoms with Crippen LogP contribution in [0.25, 0.3) is 0 Å². The average molecular weight is 331 g/mol. The van der Waals surface area contributed by atoms with Gasteiger partial charge in [-0.3, -0.25) is 0 Å². The molecule has 0 unspecified atom stereocenters. The molecule has 0 bridgehead atoms. The lowest BCUT2D eigenvalue weighted by Gasteiger charge is -2.07. The van der Waals surface area contributed by atoms with Crippen molar-refractivity contribution >= 4 is 44.8 Å². The van der Waals surface area contributed by atoms with Crippen molar-refractivity contribution in [3.8, 4) is 0 Å². The highest BCUT2D eigenvalue weighted by atomic mass is 35.5. The van der Waals surface area contributed by atoms with Crippen LogP contribution < -0.4 is 4.72 Å². The average Bonchev–Trinajstić information content (AvgIpc) is 2.32. The van der Waals surface area contributed by atoms with E-state index in [4.69, 9.17) is 34.8 Å². The highest BCUT2D eigenvalue weighted by molar-refractivity contribution is 7.89. The molecule has 0 fully saturated rings. The third-order valence-corrected chi connectivity index (χ3v) is 4.77. The lowest BCUT2D eigenvalue weighted by atomic mass is 10.2. The minimum atomic E-state index is -3.51. The van der Waals surface area contributed by atoms with Gasteiger partial charge in [0.25, 0.3) is 0 Å². The number of sulfonamides is 1. The van der Waals surface area contributed by atoms with Crippen molar-refractivity contribution in [3.63, 3.8) is 0 Å². The second-order valence-corrected chi connectivity index (χ2v) is 6.68. The maximum Gasteiger partial charge on any atom is 0.240 e. The zero-order valence-corrected chi connectivity index (χ0v) is 12.7. The van der Waals surface area contributed by atoms with Gasteiger partial charge in [0.05, 0.1) is 14.9 Å². The molecule has 0 amide bonds. The van der Waals surface area contributed by atoms with Gasteiger partial charge >= 0.3 is 0 Å². The van der Waals surface area contributed by atoms with Crippen LogP contribution in [0.4, 0.5) is 0 Å². The molecule has 1 aromatic rings. The fourth-order valence-corrected chi connectivity index (χ4v) is 2.98. The number of benzene rings is 1. The maximum absolute atomic E-state index is 11.9. The van der Waals surface area contributed by atoms with Crippen LogP contribution in [-0.2, 0) is 10.0 Å². The number of hydrogen-bond acceptors (Lipinski definition) is 2. The Kier molecular flexibility index (Phi) is 6.74. The molecule has 0 radical (unpaired) electrons. The van der Waals surface area contributed by atoms with E-state index in [2.05, 4.69) is 4.72 Å². The fraction of sp³-hybridized carbons (Fsp3) is 0.455. The number of alkyl halides is 1. The summed E-state index contributed by atoms with van der Waals surface area (Å²) in [5.74, 6) is 0.597. The summed E-state index contributed by atoms with van der Waals surface area (Å²) in [7, 11) is -3.51. The number of hydrogen-bond donors (Lipinski definition) is 1. The molecule has 1 rings (SSSR count). The third kappa shape index (κ3) is 4.94. The van der Waals surface area contributed by atoms with Crippen LogP contribution in [0.5, 0.6) is 0 Å². The lowest BCUT2D eigenvalue weighted by molar-refractivity contribution is 0.576. The number of unbranched alkanes of at least 4 members (excludes halogenated alkanes) is 2. The van der Waals surface area contributed by atoms with Gasteiger partial charge in [0.15, 0.2) is 0 Å². The fourth-order valence-electron chi connectivity index (χ4n) is 1.33. The van der Waals surface area contributed by atoms with Gasteiger partial charge in [-0.2, -0.15) is 0 Å². The normalized spacial score (nSPS) is 11.7. The Morgan fingerprint density at radius 3 is 2.39 bits per heavy atom. The summed E-state index contributed by atoms with van der Waals surface area (Å²) in [5, 5.41) is 0.555. The summed E-state index contributed by atoms with van der Waals surface area (Å²) in [6, 6.07) is 4.23. The van der Waals surface area contributed by atoms with Crippen molar-refractivity contribution in [2.45, 2.75) is 24.2 Å². The second kappa shape index (κ2) is 7.56. The van der Waals surface area contributed by atoms with Gasteiger partial charge in [-0.1, -0.05) is 29.6 Å². The van der Waals surface area contributed by atoms with Crippen molar-refractivity contribution in [2.24, 2.45) is 0 Å². The first kappa shape index (κ1) is 16.1. The molecule has 102 valence electrons. The Morgan fingerprint density at radius 2 is 1.78 bits per heavy atom. The Morgan fingerprint density at radius 1 is 1.06 bits per heavy atom. The lowest BCUT2D eigenvalue weighted by Crippen LogP contribution is -2.24. The molecule has 1 N–H and O–H groups in total. The molecule has 0 saturated heterocycles. The van der Waals surface area contributed by atoms with Gasteiger partial charge in [0.2, 0.25) is 10.0 Å². The van der Waals surface area contributed by atoms with E-state index < -0.39 is 10.0 Å². The van der Waals surface area contributed by atoms with Crippen molar-refractivity contribution in [2.75, 3.05) is 12.4 Å². The second-order valence-electron chi connectivity index (χ2n) is 3.72. The molecule has 0 aliphatic rings. The first-order valence-corrected chi connectivity index (χ1v) is 8.25. The molecule has 7 heteroatoms. The number of nitrogens with one attached hydrogen (secondary N) is 1. The molecular formula is C11H14Cl3NO2S. The molecule has 18 heavy (non-hydrogen) atoms. The van der Waals surface area contributed by atoms with Crippen LogP contribution in [0.15, 0.2) is 23.1 Å². The first-order valence-electron chi connectivity index (χ1n) is 5.48. The van der Waals surface area contributed by atoms with E-state index in [1.807, 2.05) is 0 Å². The van der Waals surface area contributed by atoms with E-state index in [-0.39, 0.29) is 9.92 Å². The molecular weight excluding hydrogens is 317 g/mol. The molecule has 0 aliphatic heterocycles. The van der Waals surface area contributed by atoms with E-state index in [1.165, 1.54) is 18.2 Å². The van der Waals surface area contributed by atoms with E-state index in [1.54, 1.807) is 0 Å². The Balaban J connectivity index is 2.60. The predicted molar refractivity (Wildman–Crippen MR) is 76.2 cm³/mol. The van der Waals surface area contributed by atoms with Gasteiger partial charge in [-0.25, -0.2) is 13.1 Å². The zero-order chi connectivity index (χ0) is 13.6. The SMILES string of the molecule is O=S(=O)(NCCCCCCl)c1ccc(Cl)c(Cl)c1. The maximum atomic E-state index is 11.9. The Labute approximate surface area is 122 Å². The summed E-state index contributed by atoms with van der Waals surface area (Å²) in [6.45, 7) is 0.388. The van der Waals surface area contributed by atoms with Crippen molar-refractivity contribution in [1.29, 1.82) is 0 Å². The molecule has 0 aliphatic carbocycles. The van der Waals surface area contributed by atoms with E-state index in [9.17, 15) is 8.42 Å². The summed E-state index contributed by atoms with van der Waals surface area (Å²) < 4.78 is 26.3. The topological polar surface area (TPSA) is 46.2 Å². The molecule has 0 heterocycles. The standard InChI is InChI=1S/C11H14Cl3NO2S/c12-6-2-1-3-7-15-18(16,17)9-4-5-10(13)11(14)8-9/h4-5,8,15H,1-3,6-7H2. The molecule has 0 spiro atoms. The van der Waals surface area contributed by atoms with Crippen LogP contribution in [0, 0.1) is 0 Å². The summed E-state index contributed by atoms with van der Waals surface area (Å²) in [6.07, 6.45) is 2.54. The zero-order valence-electron chi connectivity index (χ0n) is 9.63. The Bertz CT molecular complexity index is 491. The quantitative estimate of drug-likeness (QED) is 0.612. The molecule has 3 nitrogen and oxygen atoms in total. The highest BCUT2D eigenvalue weighted by Crippen LogP contribution is 2.24. The highest BCUT2D eigenvalue weighted by Gasteiger charge is 2.14. The van der Waals surface area contributed by atoms with Crippen LogP contribution >= 0.6 is 34.8 Å². The van der Waals surface area contributed by atoms with E-state index in [0.717, 1.165) is 19.3 Å². The molecule has 0 atom stereocenters. The van der Waals surface area contributed by atoms with Crippen molar-refractivity contribution in [1.82, 2.24) is 4.72 Å². The molecule has 0 saturated carbocycles. The minimum Gasteiger partial charge on any atom is -0.211 e. The number of halogens is 3. The van der Waals surface area contributed by atoms with Gasteiger partial charge < -0.3 is 0 Å². The van der Waals surface area contributed by atoms with Gasteiger partial charge in [-0.15, -0.1) is 11.6 Å². The van der Waals surface area contributed by atoms with Crippen LogP contribution in [-0.4, -0.2) is 20.8 Å². The van der Waals surface area contributed by atoms with Crippen LogP contribution in [0.3, 0.4) is 0 Å². The summed E-state index contributed by atoms with van der Waals surface area (Å²) in [5.41, 5.74) is 0. The molecule has 0 aromatic heterocycles. The smallest absolute Gasteiger partial charge is 0.211 e. The van der Waals surface area contributed by atoms with Crippen molar-refractivity contribution in [3.05, 3.63) is 28.2 Å². The monoisotopic (exact) mass is 329 g/mol. The third-order valence-electron chi connectivity index (χ3n) is 2.30. The molecule has 1 aromatic carbocycles. The number of rotatable bonds is 7. The van der Waals surface area contributed by atoms with Gasteiger partial charge in [-0.05, 0) is 31.0 Å². The van der Waals surface area contributed by atoms with Crippen molar-refractivity contribution < 1.29 is 8.42 Å². The summed E-state index contributed by atoms with van der Waals surface area (Å²) in [4.78, 5) is 0.120. The Hall–Kier alpha value is -0.000000000000000111.